The second kappa shape index (κ2) is 3.73. The van der Waals surface area contributed by atoms with Crippen LogP contribution < -0.4 is 5.56 Å². The van der Waals surface area contributed by atoms with Crippen molar-refractivity contribution in [2.45, 2.75) is 0 Å². The highest BCUT2D eigenvalue weighted by molar-refractivity contribution is 5.93. The van der Waals surface area contributed by atoms with Gasteiger partial charge in [-0.2, -0.15) is 0 Å². The summed E-state index contributed by atoms with van der Waals surface area (Å²) in [5.74, 6) is -2.10. The van der Waals surface area contributed by atoms with Gasteiger partial charge in [0.1, 0.15) is 5.56 Å². The first kappa shape index (κ1) is 9.97. The Morgan fingerprint density at radius 3 is 2.64 bits per heavy atom. The molecule has 1 heterocycles. The quantitative estimate of drug-likeness (QED) is 0.643. The van der Waals surface area contributed by atoms with Gasteiger partial charge in [0.15, 0.2) is 0 Å². The Kier molecular flexibility index (Phi) is 2.66. The fraction of sp³-hybridized carbons (Fsp3) is 0.125. The maximum absolute atomic E-state index is 11.0. The molecule has 1 aromatic heterocycles. The zero-order valence-corrected chi connectivity index (χ0v) is 7.23. The monoisotopic (exact) mass is 197 g/mol. The Balaban J connectivity index is 3.26. The van der Waals surface area contributed by atoms with Crippen molar-refractivity contribution in [3.8, 4) is 0 Å². The summed E-state index contributed by atoms with van der Waals surface area (Å²) < 4.78 is 4.36. The van der Waals surface area contributed by atoms with E-state index in [1.807, 2.05) is 0 Å². The zero-order valence-electron chi connectivity index (χ0n) is 7.23. The third-order valence-electron chi connectivity index (χ3n) is 1.55. The molecule has 2 N–H and O–H groups in total. The summed E-state index contributed by atoms with van der Waals surface area (Å²) in [7, 11) is 1.16. The normalized spacial score (nSPS) is 9.50. The van der Waals surface area contributed by atoms with E-state index < -0.39 is 23.1 Å². The SMILES string of the molecule is COC(=O)c1c[nH]c(=O)c(C(=O)O)c1. The van der Waals surface area contributed by atoms with Gasteiger partial charge < -0.3 is 14.8 Å². The van der Waals surface area contributed by atoms with E-state index in [4.69, 9.17) is 5.11 Å². The number of carboxylic acid groups (broad SMARTS) is 1. The van der Waals surface area contributed by atoms with Gasteiger partial charge in [-0.05, 0) is 6.07 Å². The molecule has 0 aromatic carbocycles. The number of ether oxygens (including phenoxy) is 1. The topological polar surface area (TPSA) is 96.5 Å². The van der Waals surface area contributed by atoms with Crippen molar-refractivity contribution in [3.63, 3.8) is 0 Å². The van der Waals surface area contributed by atoms with E-state index in [1.54, 1.807) is 0 Å². The molecule has 6 nitrogen and oxygen atoms in total. The lowest BCUT2D eigenvalue weighted by atomic mass is 10.2. The van der Waals surface area contributed by atoms with Gasteiger partial charge in [-0.15, -0.1) is 0 Å². The van der Waals surface area contributed by atoms with Crippen LogP contribution in [0.25, 0.3) is 0 Å². The highest BCUT2D eigenvalue weighted by Crippen LogP contribution is 2.00. The average molecular weight is 197 g/mol. The van der Waals surface area contributed by atoms with Gasteiger partial charge in [0.2, 0.25) is 0 Å². The summed E-state index contributed by atoms with van der Waals surface area (Å²) in [6, 6.07) is 0.965. The summed E-state index contributed by atoms with van der Waals surface area (Å²) in [5, 5.41) is 8.57. The number of hydrogen-bond acceptors (Lipinski definition) is 4. The van der Waals surface area contributed by atoms with Crippen molar-refractivity contribution in [1.82, 2.24) is 4.98 Å². The third-order valence-corrected chi connectivity index (χ3v) is 1.55. The number of rotatable bonds is 2. The molecule has 0 atom stereocenters. The Labute approximate surface area is 78.1 Å². The van der Waals surface area contributed by atoms with Crippen molar-refractivity contribution < 1.29 is 19.4 Å². The number of aromatic carboxylic acids is 1. The minimum absolute atomic E-state index is 0.00972. The van der Waals surface area contributed by atoms with E-state index in [9.17, 15) is 14.4 Å². The number of aromatic nitrogens is 1. The standard InChI is InChI=1S/C8H7NO5/c1-14-8(13)4-2-5(7(11)12)6(10)9-3-4/h2-3H,1H3,(H,9,10)(H,11,12). The van der Waals surface area contributed by atoms with Gasteiger partial charge in [-0.25, -0.2) is 9.59 Å². The van der Waals surface area contributed by atoms with Crippen molar-refractivity contribution in [2.75, 3.05) is 7.11 Å². The minimum Gasteiger partial charge on any atom is -0.477 e. The van der Waals surface area contributed by atoms with Gasteiger partial charge in [-0.1, -0.05) is 0 Å². The van der Waals surface area contributed by atoms with Gasteiger partial charge in [0.05, 0.1) is 12.7 Å². The molecule has 0 saturated heterocycles. The first-order valence-electron chi connectivity index (χ1n) is 3.60. The van der Waals surface area contributed by atoms with Crippen LogP contribution in [0.5, 0.6) is 0 Å². The average Bonchev–Trinajstić information content (AvgIpc) is 2.17. The molecule has 1 aromatic rings. The Bertz CT molecular complexity index is 434. The lowest BCUT2D eigenvalue weighted by Crippen LogP contribution is -2.19. The molecule has 0 amide bonds. The summed E-state index contributed by atoms with van der Waals surface area (Å²) in [4.78, 5) is 34.5. The molecule has 0 aliphatic rings. The number of pyridine rings is 1. The molecule has 0 bridgehead atoms. The number of carboxylic acids is 1. The van der Waals surface area contributed by atoms with Crippen LogP contribution in [0.1, 0.15) is 20.7 Å². The molecule has 74 valence electrons. The minimum atomic E-state index is -1.39. The number of methoxy groups -OCH3 is 1. The summed E-state index contributed by atoms with van der Waals surface area (Å²) in [5.41, 5.74) is -1.26. The molecule has 0 radical (unpaired) electrons. The van der Waals surface area contributed by atoms with Gasteiger partial charge >= 0.3 is 11.9 Å². The van der Waals surface area contributed by atoms with Crippen LogP contribution in [-0.4, -0.2) is 29.1 Å². The van der Waals surface area contributed by atoms with Gasteiger partial charge in [-0.3, -0.25) is 4.79 Å². The van der Waals surface area contributed by atoms with E-state index in [0.29, 0.717) is 0 Å². The van der Waals surface area contributed by atoms with Crippen molar-refractivity contribution in [3.05, 3.63) is 33.7 Å². The fourth-order valence-electron chi connectivity index (χ4n) is 0.878. The van der Waals surface area contributed by atoms with Crippen LogP contribution in [-0.2, 0) is 4.74 Å². The van der Waals surface area contributed by atoms with Crippen LogP contribution in [0, 0.1) is 0 Å². The Morgan fingerprint density at radius 2 is 2.14 bits per heavy atom. The molecular weight excluding hydrogens is 190 g/mol. The van der Waals surface area contributed by atoms with Gasteiger partial charge in [0.25, 0.3) is 5.56 Å². The summed E-state index contributed by atoms with van der Waals surface area (Å²) >= 11 is 0. The Hall–Kier alpha value is -2.11. The second-order valence-corrected chi connectivity index (χ2v) is 2.43. The van der Waals surface area contributed by atoms with E-state index in [0.717, 1.165) is 19.4 Å². The van der Waals surface area contributed by atoms with Crippen molar-refractivity contribution in [1.29, 1.82) is 0 Å². The number of esters is 1. The van der Waals surface area contributed by atoms with E-state index >= 15 is 0 Å². The van der Waals surface area contributed by atoms with Crippen LogP contribution in [0.4, 0.5) is 0 Å². The molecule has 0 spiro atoms. The number of carbonyl (C=O) groups excluding carboxylic acids is 1. The molecule has 6 heteroatoms. The first-order valence-corrected chi connectivity index (χ1v) is 3.60. The maximum Gasteiger partial charge on any atom is 0.341 e. The number of H-pyrrole nitrogens is 1. The largest absolute Gasteiger partial charge is 0.477 e. The number of aromatic amines is 1. The van der Waals surface area contributed by atoms with Crippen molar-refractivity contribution in [2.24, 2.45) is 0 Å². The first-order chi connectivity index (χ1) is 6.56. The third kappa shape index (κ3) is 1.79. The molecular formula is C8H7NO5. The van der Waals surface area contributed by atoms with E-state index in [-0.39, 0.29) is 5.56 Å². The lowest BCUT2D eigenvalue weighted by molar-refractivity contribution is 0.0600. The number of hydrogen-bond donors (Lipinski definition) is 2. The van der Waals surface area contributed by atoms with Crippen molar-refractivity contribution >= 4 is 11.9 Å². The molecule has 0 aliphatic carbocycles. The highest BCUT2D eigenvalue weighted by atomic mass is 16.5. The maximum atomic E-state index is 11.0. The number of nitrogens with one attached hydrogen (secondary N) is 1. The zero-order chi connectivity index (χ0) is 10.7. The smallest absolute Gasteiger partial charge is 0.341 e. The molecule has 14 heavy (non-hydrogen) atoms. The van der Waals surface area contributed by atoms with Gasteiger partial charge in [0, 0.05) is 6.20 Å². The van der Waals surface area contributed by atoms with Crippen LogP contribution in [0.2, 0.25) is 0 Å². The highest BCUT2D eigenvalue weighted by Gasteiger charge is 2.13. The van der Waals surface area contributed by atoms with Crippen LogP contribution in [0.15, 0.2) is 17.1 Å². The second-order valence-electron chi connectivity index (χ2n) is 2.43. The molecule has 0 aliphatic heterocycles. The molecule has 0 unspecified atom stereocenters. The fourth-order valence-corrected chi connectivity index (χ4v) is 0.878. The summed E-state index contributed by atoms with van der Waals surface area (Å²) in [6.07, 6.45) is 1.10. The molecule has 0 fully saturated rings. The lowest BCUT2D eigenvalue weighted by Gasteiger charge is -1.99. The molecule has 0 saturated carbocycles. The van der Waals surface area contributed by atoms with Crippen LogP contribution >= 0.6 is 0 Å². The molecule has 1 rings (SSSR count). The summed E-state index contributed by atoms with van der Waals surface area (Å²) in [6.45, 7) is 0. The Morgan fingerprint density at radius 1 is 1.50 bits per heavy atom. The van der Waals surface area contributed by atoms with Crippen LogP contribution in [0.3, 0.4) is 0 Å². The number of carbonyl (C=O) groups is 2. The predicted molar refractivity (Wildman–Crippen MR) is 45.4 cm³/mol. The van der Waals surface area contributed by atoms with E-state index in [1.165, 1.54) is 0 Å². The van der Waals surface area contributed by atoms with E-state index in [2.05, 4.69) is 9.72 Å². The predicted octanol–water partition coefficient (Wildman–Crippen LogP) is -0.140.